The molecule has 4 heteroatoms. The first-order valence-electron chi connectivity index (χ1n) is 11.0. The molecule has 0 amide bonds. The summed E-state index contributed by atoms with van der Waals surface area (Å²) in [5.74, 6) is 1.49. The van der Waals surface area contributed by atoms with Gasteiger partial charge in [0.25, 0.3) is 0 Å². The maximum atomic E-state index is 2.30. The molecule has 0 aliphatic rings. The molecule has 32 heavy (non-hydrogen) atoms. The van der Waals surface area contributed by atoms with E-state index in [9.17, 15) is 0 Å². The second-order valence-electron chi connectivity index (χ2n) is 8.76. The molecule has 1 radical (unpaired) electrons. The number of hydrogen-bond donors (Lipinski definition) is 0. The van der Waals surface area contributed by atoms with E-state index in [1.807, 2.05) is 0 Å². The quantitative estimate of drug-likeness (QED) is 0.280. The summed E-state index contributed by atoms with van der Waals surface area (Å²) >= 11 is 0. The third-order valence-corrected chi connectivity index (χ3v) is 4.64. The minimum absolute atomic E-state index is 0. The standard InChI is InChI=1S/2C13H15.C2H7Si.2FH.Zr/c2*1-10(2)7-11-8-12-5-3-4-6-13(12)9-11;1-3-2;;;/h2*3-6,8-10H,7H2,1-2H3;3H,1-2H3;2*1H;/q2*-1;;;;+4/p-2. The topological polar surface area (TPSA) is 0 Å². The van der Waals surface area contributed by atoms with Gasteiger partial charge in [-0.25, -0.2) is 0 Å². The summed E-state index contributed by atoms with van der Waals surface area (Å²) in [4.78, 5) is 0. The normalized spacial score (nSPS) is 9.75. The van der Waals surface area contributed by atoms with Gasteiger partial charge in [0.2, 0.25) is 0 Å². The van der Waals surface area contributed by atoms with Crippen LogP contribution in [-0.4, -0.2) is 9.52 Å². The van der Waals surface area contributed by atoms with Gasteiger partial charge in [0.15, 0.2) is 0 Å². The second-order valence-corrected chi connectivity index (χ2v) is 9.91. The van der Waals surface area contributed by atoms with Crippen LogP contribution in [0.1, 0.15) is 38.8 Å². The van der Waals surface area contributed by atoms with Gasteiger partial charge >= 0.3 is 26.2 Å². The Labute approximate surface area is 215 Å². The van der Waals surface area contributed by atoms with E-state index in [0.717, 1.165) is 21.4 Å². The molecular weight excluding hydrogens is 494 g/mol. The van der Waals surface area contributed by atoms with Gasteiger partial charge in [0.05, 0.1) is 0 Å². The largest absolute Gasteiger partial charge is 4.00 e. The summed E-state index contributed by atoms with van der Waals surface area (Å²) < 4.78 is 0. The van der Waals surface area contributed by atoms with Crippen LogP contribution < -0.4 is 9.41 Å². The van der Waals surface area contributed by atoms with E-state index < -0.39 is 0 Å². The van der Waals surface area contributed by atoms with Crippen LogP contribution >= 0.6 is 0 Å². The molecule has 0 bridgehead atoms. The Morgan fingerprint density at radius 1 is 0.656 bits per heavy atom. The smallest absolute Gasteiger partial charge is 1.00 e. The van der Waals surface area contributed by atoms with Crippen LogP contribution in [0.5, 0.6) is 0 Å². The third kappa shape index (κ3) is 11.0. The van der Waals surface area contributed by atoms with Crippen molar-refractivity contribution in [3.05, 3.63) is 83.9 Å². The molecule has 0 aliphatic carbocycles. The minimum atomic E-state index is 0. The van der Waals surface area contributed by atoms with Gasteiger partial charge in [-0.05, 0) is 24.7 Å². The van der Waals surface area contributed by atoms with E-state index >= 15 is 0 Å². The van der Waals surface area contributed by atoms with Crippen LogP contribution in [0.15, 0.2) is 72.8 Å². The molecule has 0 aromatic heterocycles. The number of halogens is 2. The van der Waals surface area contributed by atoms with Crippen LogP contribution in [0.25, 0.3) is 21.5 Å². The van der Waals surface area contributed by atoms with E-state index in [4.69, 9.17) is 0 Å². The zero-order chi connectivity index (χ0) is 21.2. The van der Waals surface area contributed by atoms with Crippen molar-refractivity contribution in [1.82, 2.24) is 0 Å². The molecule has 0 aliphatic heterocycles. The zero-order valence-corrected chi connectivity index (χ0v) is 23.9. The molecule has 0 atom stereocenters. The Morgan fingerprint density at radius 2 is 0.969 bits per heavy atom. The zero-order valence-electron chi connectivity index (χ0n) is 20.3. The first-order chi connectivity index (χ1) is 13.9. The monoisotopic (exact) mass is 529 g/mol. The van der Waals surface area contributed by atoms with Crippen molar-refractivity contribution in [2.45, 2.75) is 53.6 Å². The molecular formula is C28H37F2SiZr. The number of benzene rings is 2. The van der Waals surface area contributed by atoms with Crippen molar-refractivity contribution in [2.75, 3.05) is 0 Å². The number of hydrogen-bond acceptors (Lipinski definition) is 0. The van der Waals surface area contributed by atoms with Gasteiger partial charge in [-0.15, -0.1) is 81.2 Å². The van der Waals surface area contributed by atoms with E-state index in [-0.39, 0.29) is 35.6 Å². The molecule has 0 saturated heterocycles. The summed E-state index contributed by atoms with van der Waals surface area (Å²) in [7, 11) is 0.750. The molecule has 0 nitrogen and oxygen atoms in total. The van der Waals surface area contributed by atoms with Crippen molar-refractivity contribution in [3.63, 3.8) is 0 Å². The van der Waals surface area contributed by atoms with Crippen LogP contribution in [0, 0.1) is 11.8 Å². The fourth-order valence-corrected chi connectivity index (χ4v) is 3.61. The van der Waals surface area contributed by atoms with Crippen molar-refractivity contribution < 1.29 is 35.6 Å². The molecule has 4 aromatic rings. The second kappa shape index (κ2) is 17.1. The summed E-state index contributed by atoms with van der Waals surface area (Å²) in [6.07, 6.45) is 2.38. The van der Waals surface area contributed by atoms with E-state index in [2.05, 4.69) is 114 Å². The number of rotatable bonds is 4. The molecule has 0 N–H and O–H groups in total. The SMILES string of the molecule is CC(C)Cc1cc2ccccc2[cH-]1.CC(C)Cc1cc2ccccc2[cH-]1.C[SiH]C.[F-].[F-].[Zr+4]. The Morgan fingerprint density at radius 3 is 1.25 bits per heavy atom. The Bertz CT molecular complexity index is 839. The molecule has 0 fully saturated rings. The average molecular weight is 531 g/mol. The summed E-state index contributed by atoms with van der Waals surface area (Å²) in [6.45, 7) is 13.5. The maximum absolute atomic E-state index is 2.30. The molecule has 4 aromatic carbocycles. The average Bonchev–Trinajstić information content (AvgIpc) is 3.24. The molecule has 0 spiro atoms. The third-order valence-electron chi connectivity index (χ3n) is 4.64. The Kier molecular flexibility index (Phi) is 17.6. The van der Waals surface area contributed by atoms with Gasteiger partial charge in [0, 0.05) is 9.52 Å². The molecule has 0 heterocycles. The van der Waals surface area contributed by atoms with Crippen LogP contribution in [0.3, 0.4) is 0 Å². The fourth-order valence-electron chi connectivity index (χ4n) is 3.61. The summed E-state index contributed by atoms with van der Waals surface area (Å²) in [5, 5.41) is 5.49. The Balaban J connectivity index is 0. The number of fused-ring (bicyclic) bond motifs is 2. The van der Waals surface area contributed by atoms with Crippen LogP contribution in [-0.2, 0) is 39.0 Å². The minimum Gasteiger partial charge on any atom is -1.00 e. The molecule has 4 rings (SSSR count). The Hall–Kier alpha value is -1.38. The molecule has 0 unspecified atom stereocenters. The summed E-state index contributed by atoms with van der Waals surface area (Å²) in [6, 6.07) is 26.3. The predicted molar refractivity (Wildman–Crippen MR) is 135 cm³/mol. The van der Waals surface area contributed by atoms with Gasteiger partial charge < -0.3 is 9.41 Å². The first-order valence-corrected chi connectivity index (χ1v) is 13.3. The van der Waals surface area contributed by atoms with Crippen LogP contribution in [0.2, 0.25) is 13.1 Å². The van der Waals surface area contributed by atoms with Gasteiger partial charge in [0.1, 0.15) is 0 Å². The predicted octanol–water partition coefficient (Wildman–Crippen LogP) is 2.04. The van der Waals surface area contributed by atoms with Crippen molar-refractivity contribution in [2.24, 2.45) is 11.8 Å². The molecule has 171 valence electrons. The van der Waals surface area contributed by atoms with Crippen molar-refractivity contribution >= 4 is 31.1 Å². The van der Waals surface area contributed by atoms with E-state index in [1.165, 1.54) is 45.5 Å². The van der Waals surface area contributed by atoms with E-state index in [1.54, 1.807) is 0 Å². The van der Waals surface area contributed by atoms with E-state index in [0.29, 0.717) is 0 Å². The van der Waals surface area contributed by atoms with Crippen molar-refractivity contribution in [3.8, 4) is 0 Å². The van der Waals surface area contributed by atoms with Gasteiger partial charge in [-0.1, -0.05) is 52.9 Å². The maximum Gasteiger partial charge on any atom is 4.00 e. The van der Waals surface area contributed by atoms with Gasteiger partial charge in [-0.3, -0.25) is 0 Å². The molecule has 0 saturated carbocycles. The van der Waals surface area contributed by atoms with Gasteiger partial charge in [-0.2, -0.15) is 12.1 Å². The van der Waals surface area contributed by atoms with Crippen LogP contribution in [0.4, 0.5) is 0 Å². The summed E-state index contributed by atoms with van der Waals surface area (Å²) in [5.41, 5.74) is 2.94. The fraction of sp³-hybridized carbons (Fsp3) is 0.357. The van der Waals surface area contributed by atoms with Crippen molar-refractivity contribution in [1.29, 1.82) is 0 Å². The first kappa shape index (κ1) is 32.8.